The molecular formula is C13H22N4O4. The Labute approximate surface area is 123 Å². The zero-order chi connectivity index (χ0) is 16.2. The number of hydrogen-bond donors (Lipinski definition) is 2. The largest absolute Gasteiger partial charge is 0.476 e. The molecule has 1 amide bonds. The molecule has 0 saturated heterocycles. The highest BCUT2D eigenvalue weighted by atomic mass is 16.6. The average molecular weight is 298 g/mol. The number of carboxylic acids is 1. The van der Waals surface area contributed by atoms with Crippen LogP contribution in [0.15, 0.2) is 0 Å². The van der Waals surface area contributed by atoms with Gasteiger partial charge in [-0.25, -0.2) is 14.3 Å². The first kappa shape index (κ1) is 16.9. The van der Waals surface area contributed by atoms with Crippen molar-refractivity contribution >= 4 is 12.1 Å². The fourth-order valence-electron chi connectivity index (χ4n) is 1.64. The summed E-state index contributed by atoms with van der Waals surface area (Å²) >= 11 is 0. The van der Waals surface area contributed by atoms with E-state index in [2.05, 4.69) is 15.6 Å². The summed E-state index contributed by atoms with van der Waals surface area (Å²) in [5.74, 6) is -0.903. The molecule has 0 unspecified atom stereocenters. The smallest absolute Gasteiger partial charge is 0.407 e. The number of nitrogens with zero attached hydrogens (tertiary/aromatic N) is 3. The van der Waals surface area contributed by atoms with Gasteiger partial charge in [-0.1, -0.05) is 19.1 Å². The van der Waals surface area contributed by atoms with E-state index >= 15 is 0 Å². The second kappa shape index (κ2) is 6.55. The van der Waals surface area contributed by atoms with Gasteiger partial charge < -0.3 is 15.2 Å². The van der Waals surface area contributed by atoms with Gasteiger partial charge in [0.2, 0.25) is 0 Å². The van der Waals surface area contributed by atoms with Crippen molar-refractivity contribution in [3.63, 3.8) is 0 Å². The molecule has 0 saturated carbocycles. The minimum absolute atomic E-state index is 0.00370. The Kier molecular flexibility index (Phi) is 5.28. The lowest BCUT2D eigenvalue weighted by Crippen LogP contribution is -2.33. The van der Waals surface area contributed by atoms with Crippen molar-refractivity contribution < 1.29 is 19.4 Å². The van der Waals surface area contributed by atoms with Crippen LogP contribution in [0, 0.1) is 5.92 Å². The highest BCUT2D eigenvalue weighted by Crippen LogP contribution is 2.10. The van der Waals surface area contributed by atoms with E-state index in [0.29, 0.717) is 12.2 Å². The second-order valence-electron chi connectivity index (χ2n) is 6.12. The molecule has 1 heterocycles. The third-order valence-electron chi connectivity index (χ3n) is 2.38. The van der Waals surface area contributed by atoms with Crippen LogP contribution in [-0.4, -0.2) is 37.8 Å². The van der Waals surface area contributed by atoms with E-state index in [1.807, 2.05) is 13.8 Å². The zero-order valence-corrected chi connectivity index (χ0v) is 13.0. The van der Waals surface area contributed by atoms with Gasteiger partial charge >= 0.3 is 12.1 Å². The molecule has 0 spiro atoms. The molecule has 0 atom stereocenters. The van der Waals surface area contributed by atoms with E-state index in [-0.39, 0.29) is 18.2 Å². The summed E-state index contributed by atoms with van der Waals surface area (Å²) in [6.45, 7) is 9.72. The summed E-state index contributed by atoms with van der Waals surface area (Å²) in [6, 6.07) is 0. The first-order valence-electron chi connectivity index (χ1n) is 6.72. The standard InChI is InChI=1S/C13H22N4O4/c1-8(2)7-17-9(10(11(18)19)15-16-17)6-14-12(20)21-13(3,4)5/h8H,6-7H2,1-5H3,(H,14,20)(H,18,19). The molecule has 0 aromatic carbocycles. The van der Waals surface area contributed by atoms with Crippen LogP contribution in [0.2, 0.25) is 0 Å². The molecule has 1 aromatic rings. The lowest BCUT2D eigenvalue weighted by atomic mass is 10.2. The van der Waals surface area contributed by atoms with Crippen molar-refractivity contribution in [3.05, 3.63) is 11.4 Å². The Morgan fingerprint density at radius 3 is 2.48 bits per heavy atom. The highest BCUT2D eigenvalue weighted by molar-refractivity contribution is 5.86. The Hall–Kier alpha value is -2.12. The number of carbonyl (C=O) groups excluding carboxylic acids is 1. The second-order valence-corrected chi connectivity index (χ2v) is 6.12. The molecule has 0 bridgehead atoms. The molecule has 0 aliphatic heterocycles. The van der Waals surface area contributed by atoms with Crippen molar-refractivity contribution in [2.45, 2.75) is 53.3 Å². The summed E-state index contributed by atoms with van der Waals surface area (Å²) in [5, 5.41) is 19.1. The van der Waals surface area contributed by atoms with Crippen LogP contribution >= 0.6 is 0 Å². The molecule has 1 aromatic heterocycles. The maximum absolute atomic E-state index is 11.6. The number of hydrogen-bond acceptors (Lipinski definition) is 5. The number of nitrogens with one attached hydrogen (secondary N) is 1. The molecule has 8 nitrogen and oxygen atoms in total. The molecule has 0 aliphatic rings. The number of carbonyl (C=O) groups is 2. The number of rotatable bonds is 5. The number of amides is 1. The SMILES string of the molecule is CC(C)Cn1nnc(C(=O)O)c1CNC(=O)OC(C)(C)C. The number of ether oxygens (including phenoxy) is 1. The fraction of sp³-hybridized carbons (Fsp3) is 0.692. The number of aromatic carboxylic acids is 1. The molecule has 0 fully saturated rings. The first-order chi connectivity index (χ1) is 9.60. The summed E-state index contributed by atoms with van der Waals surface area (Å²) in [4.78, 5) is 22.8. The molecule has 0 aliphatic carbocycles. The van der Waals surface area contributed by atoms with Gasteiger partial charge in [0.05, 0.1) is 12.2 Å². The van der Waals surface area contributed by atoms with Crippen molar-refractivity contribution in [1.29, 1.82) is 0 Å². The summed E-state index contributed by atoms with van der Waals surface area (Å²) < 4.78 is 6.60. The quantitative estimate of drug-likeness (QED) is 0.856. The van der Waals surface area contributed by atoms with Crippen LogP contribution in [0.5, 0.6) is 0 Å². The average Bonchev–Trinajstić information content (AvgIpc) is 2.66. The van der Waals surface area contributed by atoms with E-state index in [9.17, 15) is 9.59 Å². The summed E-state index contributed by atoms with van der Waals surface area (Å²) in [6.07, 6.45) is -0.615. The molecule has 2 N–H and O–H groups in total. The lowest BCUT2D eigenvalue weighted by molar-refractivity contribution is 0.0519. The first-order valence-corrected chi connectivity index (χ1v) is 6.72. The van der Waals surface area contributed by atoms with Gasteiger partial charge in [-0.3, -0.25) is 0 Å². The van der Waals surface area contributed by atoms with E-state index in [1.54, 1.807) is 20.8 Å². The molecule has 8 heteroatoms. The Balaban J connectivity index is 2.82. The molecule has 21 heavy (non-hydrogen) atoms. The van der Waals surface area contributed by atoms with Crippen molar-refractivity contribution in [1.82, 2.24) is 20.3 Å². The Morgan fingerprint density at radius 1 is 1.38 bits per heavy atom. The maximum atomic E-state index is 11.6. The van der Waals surface area contributed by atoms with Gasteiger partial charge in [-0.05, 0) is 26.7 Å². The van der Waals surface area contributed by atoms with Gasteiger partial charge in [0.1, 0.15) is 5.60 Å². The van der Waals surface area contributed by atoms with Gasteiger partial charge in [-0.2, -0.15) is 0 Å². The monoisotopic (exact) mass is 298 g/mol. The summed E-state index contributed by atoms with van der Waals surface area (Å²) in [5.41, 5.74) is -0.426. The van der Waals surface area contributed by atoms with Crippen LogP contribution in [0.3, 0.4) is 0 Å². The van der Waals surface area contributed by atoms with Crippen LogP contribution < -0.4 is 5.32 Å². The van der Waals surface area contributed by atoms with Gasteiger partial charge in [0, 0.05) is 6.54 Å². The van der Waals surface area contributed by atoms with Gasteiger partial charge in [0.15, 0.2) is 5.69 Å². The predicted octanol–water partition coefficient (Wildman–Crippen LogP) is 1.66. The third kappa shape index (κ3) is 5.41. The van der Waals surface area contributed by atoms with E-state index < -0.39 is 17.7 Å². The minimum Gasteiger partial charge on any atom is -0.476 e. The van der Waals surface area contributed by atoms with Gasteiger partial charge in [-0.15, -0.1) is 5.10 Å². The third-order valence-corrected chi connectivity index (χ3v) is 2.38. The summed E-state index contributed by atoms with van der Waals surface area (Å²) in [7, 11) is 0. The van der Waals surface area contributed by atoms with Crippen LogP contribution in [0.25, 0.3) is 0 Å². The normalized spacial score (nSPS) is 11.5. The lowest BCUT2D eigenvalue weighted by Gasteiger charge is -2.19. The number of aromatic nitrogens is 3. The van der Waals surface area contributed by atoms with Gasteiger partial charge in [0.25, 0.3) is 0 Å². The molecule has 1 rings (SSSR count). The minimum atomic E-state index is -1.18. The Morgan fingerprint density at radius 2 is 2.00 bits per heavy atom. The maximum Gasteiger partial charge on any atom is 0.407 e. The topological polar surface area (TPSA) is 106 Å². The van der Waals surface area contributed by atoms with Crippen molar-refractivity contribution in [2.75, 3.05) is 0 Å². The Bertz CT molecular complexity index is 517. The molecular weight excluding hydrogens is 276 g/mol. The van der Waals surface area contributed by atoms with E-state index in [0.717, 1.165) is 0 Å². The zero-order valence-electron chi connectivity index (χ0n) is 13.0. The highest BCUT2D eigenvalue weighted by Gasteiger charge is 2.21. The number of carboxylic acid groups (broad SMARTS) is 1. The van der Waals surface area contributed by atoms with Crippen molar-refractivity contribution in [3.8, 4) is 0 Å². The predicted molar refractivity (Wildman–Crippen MR) is 74.9 cm³/mol. The van der Waals surface area contributed by atoms with Crippen LogP contribution in [-0.2, 0) is 17.8 Å². The van der Waals surface area contributed by atoms with Crippen molar-refractivity contribution in [2.24, 2.45) is 5.92 Å². The van der Waals surface area contributed by atoms with E-state index in [1.165, 1.54) is 4.68 Å². The molecule has 118 valence electrons. The number of alkyl carbamates (subject to hydrolysis) is 1. The fourth-order valence-corrected chi connectivity index (χ4v) is 1.64. The van der Waals surface area contributed by atoms with Crippen LogP contribution in [0.4, 0.5) is 4.79 Å². The van der Waals surface area contributed by atoms with E-state index in [4.69, 9.17) is 9.84 Å². The molecule has 0 radical (unpaired) electrons. The van der Waals surface area contributed by atoms with Crippen LogP contribution in [0.1, 0.15) is 50.8 Å².